The molecule has 3 aromatic rings. The maximum atomic E-state index is 12.6. The first-order valence-corrected chi connectivity index (χ1v) is 18.1. The van der Waals surface area contributed by atoms with Crippen molar-refractivity contribution in [3.05, 3.63) is 53.6 Å². The van der Waals surface area contributed by atoms with E-state index in [2.05, 4.69) is 20.7 Å². The normalized spacial score (nSPS) is 16.5. The van der Waals surface area contributed by atoms with Crippen LogP contribution >= 0.6 is 11.6 Å². The number of rotatable bonds is 13. The smallest absolute Gasteiger partial charge is 0.475 e. The van der Waals surface area contributed by atoms with Crippen LogP contribution in [0, 0.1) is 11.8 Å². The number of amides is 1. The Morgan fingerprint density at radius 3 is 2.16 bits per heavy atom. The van der Waals surface area contributed by atoms with E-state index in [9.17, 15) is 26.4 Å². The van der Waals surface area contributed by atoms with Gasteiger partial charge >= 0.3 is 18.2 Å². The highest BCUT2D eigenvalue weighted by Gasteiger charge is 2.38. The molecule has 0 bridgehead atoms. The second-order valence-corrected chi connectivity index (χ2v) is 15.1. The highest BCUT2D eigenvalue weighted by molar-refractivity contribution is 7.89. The van der Waals surface area contributed by atoms with Crippen LogP contribution in [-0.2, 0) is 19.6 Å². The van der Waals surface area contributed by atoms with Crippen LogP contribution in [0.15, 0.2) is 53.4 Å². The third-order valence-corrected chi connectivity index (χ3v) is 9.25. The molecule has 17 heteroatoms. The Bertz CT molecular complexity index is 1680. The van der Waals surface area contributed by atoms with Crippen LogP contribution < -0.4 is 20.7 Å². The lowest BCUT2D eigenvalue weighted by Crippen LogP contribution is -2.33. The summed E-state index contributed by atoms with van der Waals surface area (Å²) < 4.78 is 65.0. The number of para-hydroxylation sites is 1. The first-order valence-electron chi connectivity index (χ1n) is 16.2. The average Bonchev–Trinajstić information content (AvgIpc) is 3.04. The summed E-state index contributed by atoms with van der Waals surface area (Å²) >= 11 is 5.96. The van der Waals surface area contributed by atoms with Crippen molar-refractivity contribution in [2.24, 2.45) is 11.8 Å². The van der Waals surface area contributed by atoms with Gasteiger partial charge in [-0.1, -0.05) is 29.8 Å². The Hall–Kier alpha value is -3.89. The number of aliphatic carboxylic acids is 1. The van der Waals surface area contributed by atoms with Crippen LogP contribution in [0.25, 0.3) is 10.9 Å². The van der Waals surface area contributed by atoms with Crippen molar-refractivity contribution in [3.8, 4) is 0 Å². The lowest BCUT2D eigenvalue weighted by atomic mass is 9.82. The molecule has 0 saturated heterocycles. The molecule has 1 fully saturated rings. The number of hydrogen-bond donors (Lipinski definition) is 5. The van der Waals surface area contributed by atoms with Gasteiger partial charge in [-0.15, -0.1) is 0 Å². The van der Waals surface area contributed by atoms with E-state index in [4.69, 9.17) is 36.2 Å². The largest absolute Gasteiger partial charge is 0.490 e. The van der Waals surface area contributed by atoms with Gasteiger partial charge in [0, 0.05) is 36.6 Å². The number of fused-ring (bicyclic) bond motifs is 1. The fourth-order valence-corrected chi connectivity index (χ4v) is 6.49. The summed E-state index contributed by atoms with van der Waals surface area (Å²) in [6.07, 6.45) is 0.112. The minimum atomic E-state index is -5.08. The third kappa shape index (κ3) is 14.2. The van der Waals surface area contributed by atoms with Gasteiger partial charge in [0.15, 0.2) is 0 Å². The summed E-state index contributed by atoms with van der Waals surface area (Å²) in [6.45, 7) is 7.97. The Morgan fingerprint density at radius 1 is 0.920 bits per heavy atom. The number of alkyl halides is 3. The number of unbranched alkanes of at least 4 members (excludes halogenated alkanes) is 1. The Kier molecular flexibility index (Phi) is 14.9. The van der Waals surface area contributed by atoms with Crippen LogP contribution in [0.5, 0.6) is 0 Å². The van der Waals surface area contributed by atoms with E-state index in [1.807, 2.05) is 45.0 Å². The fraction of sp³-hybridized carbons (Fsp3) is 0.515. The zero-order chi connectivity index (χ0) is 37.0. The molecule has 1 heterocycles. The number of carboxylic acids is 1. The summed E-state index contributed by atoms with van der Waals surface area (Å²) in [4.78, 5) is 30.4. The van der Waals surface area contributed by atoms with Gasteiger partial charge in [-0.2, -0.15) is 18.2 Å². The maximum absolute atomic E-state index is 12.6. The molecule has 12 nitrogen and oxygen atoms in total. The maximum Gasteiger partial charge on any atom is 0.490 e. The number of nitrogens with zero attached hydrogens (tertiary/aromatic N) is 2. The van der Waals surface area contributed by atoms with E-state index in [1.165, 1.54) is 6.07 Å². The summed E-state index contributed by atoms with van der Waals surface area (Å²) in [5, 5.41) is 18.2. The van der Waals surface area contributed by atoms with Gasteiger partial charge in [-0.3, -0.25) is 0 Å². The van der Waals surface area contributed by atoms with E-state index in [1.54, 1.807) is 18.2 Å². The van der Waals surface area contributed by atoms with E-state index in [-0.39, 0.29) is 4.90 Å². The van der Waals surface area contributed by atoms with E-state index in [0.29, 0.717) is 42.4 Å². The SMILES string of the molecule is CC(C)(C)OC(=O)NCCCCNc1nc(NCC2CCC(CNS(=O)(=O)c3cccc(Cl)c3)CC2)nc2ccccc12.O=C(O)C(F)(F)F. The molecule has 0 spiro atoms. The lowest BCUT2D eigenvalue weighted by Gasteiger charge is -2.28. The van der Waals surface area contributed by atoms with Gasteiger partial charge in [0.05, 0.1) is 10.4 Å². The molecule has 50 heavy (non-hydrogen) atoms. The molecule has 2 aromatic carbocycles. The second kappa shape index (κ2) is 18.4. The van der Waals surface area contributed by atoms with Crippen LogP contribution in [-0.4, -0.2) is 73.5 Å². The van der Waals surface area contributed by atoms with Crippen LogP contribution in [0.2, 0.25) is 5.02 Å². The highest BCUT2D eigenvalue weighted by atomic mass is 35.5. The predicted octanol–water partition coefficient (Wildman–Crippen LogP) is 6.83. The Morgan fingerprint density at radius 2 is 1.54 bits per heavy atom. The minimum absolute atomic E-state index is 0.192. The van der Waals surface area contributed by atoms with E-state index in [0.717, 1.165) is 61.8 Å². The zero-order valence-electron chi connectivity index (χ0n) is 28.1. The van der Waals surface area contributed by atoms with Crippen molar-refractivity contribution in [2.45, 2.75) is 76.0 Å². The monoisotopic (exact) mass is 744 g/mol. The number of carbonyl (C=O) groups is 2. The van der Waals surface area contributed by atoms with Crippen LogP contribution in [0.4, 0.5) is 29.7 Å². The zero-order valence-corrected chi connectivity index (χ0v) is 29.7. The predicted molar refractivity (Wildman–Crippen MR) is 186 cm³/mol. The molecule has 0 aliphatic heterocycles. The molecular weight excluding hydrogens is 701 g/mol. The van der Waals surface area contributed by atoms with Crippen molar-refractivity contribution < 1.29 is 41.0 Å². The molecule has 1 amide bonds. The average molecular weight is 745 g/mol. The molecular formula is C33H44ClF3N6O6S. The van der Waals surface area contributed by atoms with Gasteiger partial charge in [0.1, 0.15) is 11.4 Å². The minimum Gasteiger partial charge on any atom is -0.475 e. The lowest BCUT2D eigenvalue weighted by molar-refractivity contribution is -0.192. The Labute approximate surface area is 295 Å². The van der Waals surface area contributed by atoms with E-state index >= 15 is 0 Å². The first-order chi connectivity index (χ1) is 23.4. The summed E-state index contributed by atoms with van der Waals surface area (Å²) in [6, 6.07) is 14.3. The third-order valence-electron chi connectivity index (χ3n) is 7.59. The van der Waals surface area contributed by atoms with Gasteiger partial charge in [-0.05, 0) is 101 Å². The molecule has 4 rings (SSSR count). The number of hydrogen-bond acceptors (Lipinski definition) is 9. The van der Waals surface area contributed by atoms with Crippen molar-refractivity contribution in [1.29, 1.82) is 0 Å². The second-order valence-electron chi connectivity index (χ2n) is 12.9. The molecule has 1 aliphatic rings. The van der Waals surface area contributed by atoms with Gasteiger partial charge < -0.3 is 25.8 Å². The van der Waals surface area contributed by atoms with Crippen LogP contribution in [0.1, 0.15) is 59.3 Å². The molecule has 0 unspecified atom stereocenters. The number of anilines is 2. The van der Waals surface area contributed by atoms with Crippen LogP contribution in [0.3, 0.4) is 0 Å². The van der Waals surface area contributed by atoms with Gasteiger partial charge in [-0.25, -0.2) is 27.7 Å². The van der Waals surface area contributed by atoms with Crippen molar-refractivity contribution in [2.75, 3.05) is 36.8 Å². The molecule has 1 saturated carbocycles. The first kappa shape index (κ1) is 40.5. The summed E-state index contributed by atoms with van der Waals surface area (Å²) in [5.41, 5.74) is 0.358. The molecule has 5 N–H and O–H groups in total. The van der Waals surface area contributed by atoms with Crippen molar-refractivity contribution in [1.82, 2.24) is 20.0 Å². The number of carbonyl (C=O) groups excluding carboxylic acids is 1. The number of nitrogens with one attached hydrogen (secondary N) is 4. The van der Waals surface area contributed by atoms with Crippen molar-refractivity contribution in [3.63, 3.8) is 0 Å². The summed E-state index contributed by atoms with van der Waals surface area (Å²) in [7, 11) is -3.58. The highest BCUT2D eigenvalue weighted by Crippen LogP contribution is 2.29. The molecule has 0 atom stereocenters. The number of alkyl carbamates (subject to hydrolysis) is 1. The molecule has 276 valence electrons. The number of aromatic nitrogens is 2. The number of carboxylic acid groups (broad SMARTS) is 1. The fourth-order valence-electron chi connectivity index (χ4n) is 5.07. The topological polar surface area (TPSA) is 172 Å². The standard InChI is InChI=1S/C31H43ClN6O4S.C2HF3O2/c1-31(2,3)42-30(39)34-18-7-6-17-33-28-26-11-4-5-12-27(26)37-29(38-28)35-20-22-13-15-23(16-14-22)21-36-43(40,41)25-10-8-9-24(32)19-25;3-2(4,5)1(6)7/h4-5,8-12,19,22-23,36H,6-7,13-18,20-21H2,1-3H3,(H,34,39)(H2,33,35,37,38);(H,6,7). The number of ether oxygens (including phenoxy) is 1. The molecule has 1 aliphatic carbocycles. The van der Waals surface area contributed by atoms with Gasteiger partial charge in [0.25, 0.3) is 0 Å². The van der Waals surface area contributed by atoms with E-state index < -0.39 is 33.9 Å². The number of sulfonamides is 1. The Balaban J connectivity index is 0.000000872. The van der Waals surface area contributed by atoms with Crippen molar-refractivity contribution >= 4 is 56.4 Å². The number of benzene rings is 2. The van der Waals surface area contributed by atoms with Gasteiger partial charge in [0.2, 0.25) is 16.0 Å². The summed E-state index contributed by atoms with van der Waals surface area (Å²) in [5.74, 6) is -0.623. The molecule has 0 radical (unpaired) electrons. The number of halogens is 4. The molecule has 1 aromatic heterocycles. The quantitative estimate of drug-likeness (QED) is 0.117.